The van der Waals surface area contributed by atoms with Gasteiger partial charge in [0, 0.05) is 0 Å². The molecule has 0 radical (unpaired) electrons. The fourth-order valence-corrected chi connectivity index (χ4v) is 1.97. The third-order valence-corrected chi connectivity index (χ3v) is 3.10. The minimum atomic E-state index is -1.47. The molecule has 1 heterocycles. The summed E-state index contributed by atoms with van der Waals surface area (Å²) in [6.45, 7) is 0. The SMILES string of the molecule is COS(=O)c1cccc(-n2[nH]nnc2=S)c1. The standard InChI is InChI=1S/C8H8N4O2S2/c1-14-16(13)7-4-2-3-6(5-7)12-8(15)9-10-11-12/h2-5H,1H3,(H,9,11,15). The van der Waals surface area contributed by atoms with Crippen LogP contribution in [0.1, 0.15) is 0 Å². The van der Waals surface area contributed by atoms with Gasteiger partial charge in [-0.15, -0.1) is 0 Å². The molecule has 1 aromatic carbocycles. The van der Waals surface area contributed by atoms with Gasteiger partial charge >= 0.3 is 0 Å². The second-order valence-corrected chi connectivity index (χ2v) is 4.46. The highest BCUT2D eigenvalue weighted by Gasteiger charge is 2.05. The Kier molecular flexibility index (Phi) is 3.22. The van der Waals surface area contributed by atoms with Crippen LogP contribution in [0.2, 0.25) is 0 Å². The van der Waals surface area contributed by atoms with Gasteiger partial charge in [-0.25, -0.2) is 8.89 Å². The summed E-state index contributed by atoms with van der Waals surface area (Å²) in [6.07, 6.45) is 0. The number of aromatic nitrogens is 4. The molecule has 0 bridgehead atoms. The van der Waals surface area contributed by atoms with Crippen molar-refractivity contribution in [2.24, 2.45) is 0 Å². The Labute approximate surface area is 98.9 Å². The molecule has 0 aliphatic rings. The van der Waals surface area contributed by atoms with Crippen molar-refractivity contribution < 1.29 is 8.39 Å². The zero-order valence-corrected chi connectivity index (χ0v) is 9.92. The summed E-state index contributed by atoms with van der Waals surface area (Å²) in [7, 11) is 1.38. The highest BCUT2D eigenvalue weighted by molar-refractivity contribution is 7.80. The molecule has 0 aliphatic heterocycles. The summed E-state index contributed by atoms with van der Waals surface area (Å²) in [5, 5.41) is 9.84. The van der Waals surface area contributed by atoms with Crippen LogP contribution in [0.15, 0.2) is 29.2 Å². The second-order valence-electron chi connectivity index (χ2n) is 2.82. The third-order valence-electron chi connectivity index (χ3n) is 1.89. The van der Waals surface area contributed by atoms with Crippen molar-refractivity contribution in [3.8, 4) is 5.69 Å². The van der Waals surface area contributed by atoms with Crippen LogP contribution >= 0.6 is 12.2 Å². The molecule has 0 aliphatic carbocycles. The summed E-state index contributed by atoms with van der Waals surface area (Å²) in [5.74, 6) is 0. The van der Waals surface area contributed by atoms with Crippen LogP contribution < -0.4 is 0 Å². The molecule has 8 heteroatoms. The van der Waals surface area contributed by atoms with E-state index >= 15 is 0 Å². The summed E-state index contributed by atoms with van der Waals surface area (Å²) in [6, 6.07) is 6.95. The molecule has 0 fully saturated rings. The van der Waals surface area contributed by atoms with Crippen molar-refractivity contribution in [2.75, 3.05) is 7.11 Å². The monoisotopic (exact) mass is 256 g/mol. The molecule has 1 N–H and O–H groups in total. The van der Waals surface area contributed by atoms with Gasteiger partial charge in [-0.2, -0.15) is 5.21 Å². The van der Waals surface area contributed by atoms with Crippen molar-refractivity contribution in [1.29, 1.82) is 0 Å². The van der Waals surface area contributed by atoms with Crippen molar-refractivity contribution in [3.63, 3.8) is 0 Å². The van der Waals surface area contributed by atoms with E-state index in [1.807, 2.05) is 0 Å². The second kappa shape index (κ2) is 4.64. The molecule has 1 aromatic heterocycles. The summed E-state index contributed by atoms with van der Waals surface area (Å²) in [4.78, 5) is 0.552. The number of nitrogens with one attached hydrogen (secondary N) is 1. The van der Waals surface area contributed by atoms with E-state index in [1.165, 1.54) is 11.8 Å². The van der Waals surface area contributed by atoms with Crippen molar-refractivity contribution in [3.05, 3.63) is 29.0 Å². The first kappa shape index (κ1) is 11.1. The number of H-pyrrole nitrogens is 1. The van der Waals surface area contributed by atoms with Crippen molar-refractivity contribution >= 4 is 23.3 Å². The summed E-state index contributed by atoms with van der Waals surface area (Å²) >= 11 is 3.48. The van der Waals surface area contributed by atoms with Gasteiger partial charge in [0.2, 0.25) is 4.77 Å². The van der Waals surface area contributed by atoms with Crippen LogP contribution in [0.5, 0.6) is 0 Å². The van der Waals surface area contributed by atoms with E-state index in [0.717, 1.165) is 0 Å². The van der Waals surface area contributed by atoms with Crippen LogP contribution in [-0.2, 0) is 15.3 Å². The molecule has 0 saturated heterocycles. The van der Waals surface area contributed by atoms with Gasteiger partial charge in [-0.05, 0) is 30.4 Å². The van der Waals surface area contributed by atoms with E-state index < -0.39 is 11.1 Å². The predicted octanol–water partition coefficient (Wildman–Crippen LogP) is 0.994. The molecule has 2 rings (SSSR count). The molecule has 0 amide bonds. The molecule has 0 spiro atoms. The number of nitrogens with zero attached hydrogens (tertiary/aromatic N) is 3. The van der Waals surface area contributed by atoms with E-state index in [1.54, 1.807) is 24.3 Å². The van der Waals surface area contributed by atoms with E-state index in [2.05, 4.69) is 15.5 Å². The maximum Gasteiger partial charge on any atom is 0.242 e. The van der Waals surface area contributed by atoms with Gasteiger partial charge in [0.15, 0.2) is 11.1 Å². The quantitative estimate of drug-likeness (QED) is 0.829. The first-order chi connectivity index (χ1) is 7.72. The molecule has 2 aromatic rings. The number of aromatic amines is 1. The van der Waals surface area contributed by atoms with Gasteiger partial charge in [0.05, 0.1) is 17.7 Å². The highest BCUT2D eigenvalue weighted by atomic mass is 32.2. The lowest BCUT2D eigenvalue weighted by Gasteiger charge is -2.03. The Morgan fingerprint density at radius 2 is 2.38 bits per heavy atom. The third kappa shape index (κ3) is 2.08. The molecule has 6 nitrogen and oxygen atoms in total. The number of tetrazole rings is 1. The number of hydrogen-bond acceptors (Lipinski definition) is 5. The Bertz CT molecular complexity index is 577. The molecule has 1 atom stereocenters. The first-order valence-electron chi connectivity index (χ1n) is 4.29. The van der Waals surface area contributed by atoms with Crippen LogP contribution in [0, 0.1) is 4.77 Å². The van der Waals surface area contributed by atoms with Crippen LogP contribution in [-0.4, -0.2) is 31.5 Å². The zero-order valence-electron chi connectivity index (χ0n) is 8.28. The van der Waals surface area contributed by atoms with Crippen LogP contribution in [0.25, 0.3) is 5.69 Å². The van der Waals surface area contributed by atoms with Crippen LogP contribution in [0.4, 0.5) is 0 Å². The smallest absolute Gasteiger partial charge is 0.242 e. The van der Waals surface area contributed by atoms with Gasteiger partial charge in [0.1, 0.15) is 0 Å². The van der Waals surface area contributed by atoms with Crippen LogP contribution in [0.3, 0.4) is 0 Å². The average molecular weight is 256 g/mol. The topological polar surface area (TPSA) is 72.8 Å². The highest BCUT2D eigenvalue weighted by Crippen LogP contribution is 2.13. The van der Waals surface area contributed by atoms with Crippen molar-refractivity contribution in [2.45, 2.75) is 4.90 Å². The van der Waals surface area contributed by atoms with Gasteiger partial charge < -0.3 is 0 Å². The molecule has 0 saturated carbocycles. The minimum Gasteiger partial charge on any atom is -0.290 e. The Balaban J connectivity index is 2.48. The normalized spacial score (nSPS) is 12.6. The summed E-state index contributed by atoms with van der Waals surface area (Å²) < 4.78 is 18.0. The fourth-order valence-electron chi connectivity index (χ4n) is 1.19. The molecule has 16 heavy (non-hydrogen) atoms. The zero-order chi connectivity index (χ0) is 11.5. The molecular weight excluding hydrogens is 248 g/mol. The lowest BCUT2D eigenvalue weighted by Crippen LogP contribution is -1.99. The molecule has 1 unspecified atom stereocenters. The number of benzene rings is 1. The minimum absolute atomic E-state index is 0.306. The lowest BCUT2D eigenvalue weighted by molar-refractivity contribution is 0.445. The lowest BCUT2D eigenvalue weighted by atomic mass is 10.3. The maximum atomic E-state index is 11.4. The van der Waals surface area contributed by atoms with Gasteiger partial charge in [-0.3, -0.25) is 4.18 Å². The number of hydrogen-bond donors (Lipinski definition) is 1. The van der Waals surface area contributed by atoms with E-state index in [9.17, 15) is 4.21 Å². The molecular formula is C8H8N4O2S2. The van der Waals surface area contributed by atoms with Gasteiger partial charge in [-0.1, -0.05) is 16.4 Å². The Morgan fingerprint density at radius 1 is 1.56 bits per heavy atom. The van der Waals surface area contributed by atoms with E-state index in [4.69, 9.17) is 16.4 Å². The largest absolute Gasteiger partial charge is 0.290 e. The van der Waals surface area contributed by atoms with E-state index in [0.29, 0.717) is 15.4 Å². The Morgan fingerprint density at radius 3 is 3.00 bits per heavy atom. The van der Waals surface area contributed by atoms with Crippen molar-refractivity contribution in [1.82, 2.24) is 20.2 Å². The van der Waals surface area contributed by atoms with Gasteiger partial charge in [0.25, 0.3) is 0 Å². The number of rotatable bonds is 3. The molecule has 84 valence electrons. The average Bonchev–Trinajstić information content (AvgIpc) is 2.74. The predicted molar refractivity (Wildman–Crippen MR) is 60.0 cm³/mol. The fraction of sp³-hybridized carbons (Fsp3) is 0.125. The maximum absolute atomic E-state index is 11.4. The van der Waals surface area contributed by atoms with E-state index in [-0.39, 0.29) is 0 Å². The summed E-state index contributed by atoms with van der Waals surface area (Å²) in [5.41, 5.74) is 0.706. The first-order valence-corrected chi connectivity index (χ1v) is 5.77. The Hall–Kier alpha value is -1.38.